The molecule has 5 heteroatoms. The van der Waals surface area contributed by atoms with Gasteiger partial charge in [0, 0.05) is 58.9 Å². The molecular formula is C46H27N3OS. The number of nitrogens with zero attached hydrogens (tertiary/aromatic N) is 3. The van der Waals surface area contributed by atoms with Crippen molar-refractivity contribution in [2.75, 3.05) is 0 Å². The second kappa shape index (κ2) is 11.0. The van der Waals surface area contributed by atoms with Crippen molar-refractivity contribution in [3.8, 4) is 39.6 Å². The van der Waals surface area contributed by atoms with E-state index in [9.17, 15) is 0 Å². The first-order chi connectivity index (χ1) is 25.3. The summed E-state index contributed by atoms with van der Waals surface area (Å²) in [5, 5.41) is 6.97. The fraction of sp³-hybridized carbons (Fsp3) is 0. The van der Waals surface area contributed by atoms with Crippen LogP contribution in [-0.2, 0) is 0 Å². The molecule has 0 unspecified atom stereocenters. The van der Waals surface area contributed by atoms with Gasteiger partial charge in [0.2, 0.25) is 0 Å². The summed E-state index contributed by atoms with van der Waals surface area (Å²) in [4.78, 5) is 10.7. The van der Waals surface area contributed by atoms with Gasteiger partial charge >= 0.3 is 0 Å². The van der Waals surface area contributed by atoms with Crippen LogP contribution in [0.2, 0.25) is 0 Å². The molecule has 4 nitrogen and oxygen atoms in total. The second-order valence-corrected chi connectivity index (χ2v) is 14.0. The van der Waals surface area contributed by atoms with Gasteiger partial charge in [0.25, 0.3) is 0 Å². The van der Waals surface area contributed by atoms with Gasteiger partial charge in [0.15, 0.2) is 5.82 Å². The van der Waals surface area contributed by atoms with Crippen molar-refractivity contribution < 1.29 is 4.42 Å². The Morgan fingerprint density at radius 2 is 1.18 bits per heavy atom. The SMILES string of the molecule is c1ccc(-c2cccc(-c3nc(-c4cccc5c4sc4ccccc45)cc(-n4c5ccccc5c5cc6oc7ccccc7c6cc54)n3)c2)cc1. The minimum Gasteiger partial charge on any atom is -0.456 e. The van der Waals surface area contributed by atoms with Crippen LogP contribution in [0.15, 0.2) is 168 Å². The lowest BCUT2D eigenvalue weighted by Gasteiger charge is -2.13. The van der Waals surface area contributed by atoms with Crippen LogP contribution in [0.4, 0.5) is 0 Å². The Hall–Kier alpha value is -6.56. The zero-order valence-electron chi connectivity index (χ0n) is 27.2. The molecule has 11 aromatic rings. The second-order valence-electron chi connectivity index (χ2n) is 13.0. The van der Waals surface area contributed by atoms with Gasteiger partial charge < -0.3 is 4.42 Å². The molecule has 238 valence electrons. The Kier molecular flexibility index (Phi) is 6.09. The molecule has 11 rings (SSSR count). The molecule has 0 aliphatic rings. The fourth-order valence-electron chi connectivity index (χ4n) is 7.67. The Labute approximate surface area is 296 Å². The van der Waals surface area contributed by atoms with Crippen molar-refractivity contribution in [1.29, 1.82) is 0 Å². The molecule has 4 heterocycles. The highest BCUT2D eigenvalue weighted by Gasteiger charge is 2.20. The van der Waals surface area contributed by atoms with Crippen LogP contribution in [0, 0.1) is 0 Å². The summed E-state index contributed by atoms with van der Waals surface area (Å²) in [6.07, 6.45) is 0. The van der Waals surface area contributed by atoms with E-state index in [1.165, 1.54) is 20.2 Å². The standard InChI is InChI=1S/C46H27N3OS/c1-2-12-28(13-3-1)29-14-10-15-30(24-29)46-47-38(35-20-11-19-34-33-18-6-9-23-43(33)51-45(34)35)27-44(48-46)49-39-21-7-4-16-31(39)36-26-42-37(25-40(36)49)32-17-5-8-22-41(32)50-42/h1-27H. The number of para-hydroxylation sites is 2. The van der Waals surface area contributed by atoms with Gasteiger partial charge in [-0.1, -0.05) is 121 Å². The molecule has 0 radical (unpaired) electrons. The van der Waals surface area contributed by atoms with E-state index in [1.54, 1.807) is 0 Å². The lowest BCUT2D eigenvalue weighted by Crippen LogP contribution is -2.02. The lowest BCUT2D eigenvalue weighted by molar-refractivity contribution is 0.669. The van der Waals surface area contributed by atoms with Crippen molar-refractivity contribution in [3.05, 3.63) is 164 Å². The zero-order valence-corrected chi connectivity index (χ0v) is 28.1. The van der Waals surface area contributed by atoms with Gasteiger partial charge in [-0.15, -0.1) is 11.3 Å². The molecule has 7 aromatic carbocycles. The van der Waals surface area contributed by atoms with Crippen LogP contribution in [-0.4, -0.2) is 14.5 Å². The largest absolute Gasteiger partial charge is 0.456 e. The van der Waals surface area contributed by atoms with Gasteiger partial charge in [-0.2, -0.15) is 0 Å². The first kappa shape index (κ1) is 28.3. The van der Waals surface area contributed by atoms with Gasteiger partial charge in [0.05, 0.1) is 16.7 Å². The normalized spacial score (nSPS) is 11.9. The third kappa shape index (κ3) is 4.38. The molecule has 4 aromatic heterocycles. The highest BCUT2D eigenvalue weighted by molar-refractivity contribution is 7.26. The highest BCUT2D eigenvalue weighted by atomic mass is 32.1. The number of rotatable bonds is 4. The minimum atomic E-state index is 0.680. The van der Waals surface area contributed by atoms with E-state index >= 15 is 0 Å². The number of furan rings is 1. The molecule has 0 fully saturated rings. The molecular weight excluding hydrogens is 643 g/mol. The van der Waals surface area contributed by atoms with Crippen LogP contribution in [0.25, 0.3) is 104 Å². The fourth-order valence-corrected chi connectivity index (χ4v) is 8.89. The number of thiophene rings is 1. The molecule has 0 aliphatic carbocycles. The Morgan fingerprint density at radius 1 is 0.451 bits per heavy atom. The van der Waals surface area contributed by atoms with Crippen LogP contribution >= 0.6 is 11.3 Å². The van der Waals surface area contributed by atoms with E-state index in [-0.39, 0.29) is 0 Å². The molecule has 0 spiro atoms. The lowest BCUT2D eigenvalue weighted by atomic mass is 10.0. The molecule has 0 amide bonds. The Bertz CT molecular complexity index is 3150. The Balaban J connectivity index is 1.22. The predicted molar refractivity (Wildman–Crippen MR) is 213 cm³/mol. The zero-order chi connectivity index (χ0) is 33.5. The maximum Gasteiger partial charge on any atom is 0.162 e. The van der Waals surface area contributed by atoms with Crippen LogP contribution < -0.4 is 0 Å². The Morgan fingerprint density at radius 3 is 2.10 bits per heavy atom. The van der Waals surface area contributed by atoms with Crippen LogP contribution in [0.5, 0.6) is 0 Å². The smallest absolute Gasteiger partial charge is 0.162 e. The third-order valence-corrected chi connectivity index (χ3v) is 11.2. The maximum absolute atomic E-state index is 6.36. The topological polar surface area (TPSA) is 43.9 Å². The quantitative estimate of drug-likeness (QED) is 0.187. The average molecular weight is 670 g/mol. The van der Waals surface area contributed by atoms with Crippen molar-refractivity contribution in [2.24, 2.45) is 0 Å². The van der Waals surface area contributed by atoms with E-state index in [0.29, 0.717) is 5.82 Å². The van der Waals surface area contributed by atoms with Crippen LogP contribution in [0.1, 0.15) is 0 Å². The predicted octanol–water partition coefficient (Wildman–Crippen LogP) is 12.8. The summed E-state index contributed by atoms with van der Waals surface area (Å²) in [7, 11) is 0. The van der Waals surface area contributed by atoms with Gasteiger partial charge in [-0.05, 0) is 47.5 Å². The molecule has 0 bridgehead atoms. The highest BCUT2D eigenvalue weighted by Crippen LogP contribution is 2.42. The summed E-state index contributed by atoms with van der Waals surface area (Å²) in [6, 6.07) is 57.7. The third-order valence-electron chi connectivity index (χ3n) is 10.0. The molecule has 0 saturated carbocycles. The number of benzene rings is 7. The number of fused-ring (bicyclic) bond motifs is 9. The average Bonchev–Trinajstić information content (AvgIpc) is 3.86. The van der Waals surface area contributed by atoms with E-state index in [0.717, 1.165) is 77.5 Å². The number of hydrogen-bond acceptors (Lipinski definition) is 4. The summed E-state index contributed by atoms with van der Waals surface area (Å²) in [5.74, 6) is 1.50. The van der Waals surface area contributed by atoms with Gasteiger partial charge in [-0.3, -0.25) is 4.57 Å². The molecule has 0 saturated heterocycles. The van der Waals surface area contributed by atoms with Gasteiger partial charge in [-0.25, -0.2) is 9.97 Å². The molecule has 51 heavy (non-hydrogen) atoms. The van der Waals surface area contributed by atoms with E-state index in [4.69, 9.17) is 14.4 Å². The van der Waals surface area contributed by atoms with Crippen molar-refractivity contribution in [1.82, 2.24) is 14.5 Å². The summed E-state index contributed by atoms with van der Waals surface area (Å²) < 4.78 is 11.1. The summed E-state index contributed by atoms with van der Waals surface area (Å²) in [5.41, 5.74) is 9.15. The monoisotopic (exact) mass is 669 g/mol. The maximum atomic E-state index is 6.36. The molecule has 0 N–H and O–H groups in total. The minimum absolute atomic E-state index is 0.680. The first-order valence-electron chi connectivity index (χ1n) is 17.1. The molecule has 0 atom stereocenters. The first-order valence-corrected chi connectivity index (χ1v) is 17.9. The summed E-state index contributed by atoms with van der Waals surface area (Å²) in [6.45, 7) is 0. The van der Waals surface area contributed by atoms with Crippen molar-refractivity contribution in [2.45, 2.75) is 0 Å². The number of aromatic nitrogens is 3. The number of hydrogen-bond donors (Lipinski definition) is 0. The van der Waals surface area contributed by atoms with E-state index in [1.807, 2.05) is 29.5 Å². The van der Waals surface area contributed by atoms with Gasteiger partial charge in [0.1, 0.15) is 17.0 Å². The van der Waals surface area contributed by atoms with Crippen molar-refractivity contribution >= 4 is 75.3 Å². The molecule has 0 aliphatic heterocycles. The van der Waals surface area contributed by atoms with Crippen molar-refractivity contribution in [3.63, 3.8) is 0 Å². The van der Waals surface area contributed by atoms with Crippen LogP contribution in [0.3, 0.4) is 0 Å². The summed E-state index contributed by atoms with van der Waals surface area (Å²) >= 11 is 1.82. The van der Waals surface area contributed by atoms with E-state index in [2.05, 4.69) is 150 Å². The van der Waals surface area contributed by atoms with E-state index < -0.39 is 0 Å².